The Kier molecular flexibility index (Phi) is 4.88. The Hall–Kier alpha value is -2.76. The van der Waals surface area contributed by atoms with Gasteiger partial charge in [-0.05, 0) is 6.42 Å². The number of fused-ring (bicyclic) bond motifs is 1. The summed E-state index contributed by atoms with van der Waals surface area (Å²) in [4.78, 5) is 27.5. The summed E-state index contributed by atoms with van der Waals surface area (Å²) in [5.74, 6) is 0.345. The predicted octanol–water partition coefficient (Wildman–Crippen LogP) is -0.541. The minimum Gasteiger partial charge on any atom is -0.394 e. The van der Waals surface area contributed by atoms with Crippen molar-refractivity contribution in [1.82, 2.24) is 29.1 Å². The predicted molar refractivity (Wildman–Crippen MR) is 95.1 cm³/mol. The fraction of sp³-hybridized carbons (Fsp3) is 0.500. The molecule has 0 unspecified atom stereocenters. The lowest BCUT2D eigenvalue weighted by Crippen LogP contribution is -2.24. The highest BCUT2D eigenvalue weighted by Crippen LogP contribution is 2.30. The quantitative estimate of drug-likeness (QED) is 0.403. The van der Waals surface area contributed by atoms with Gasteiger partial charge in [0, 0.05) is 31.9 Å². The molecule has 4 heterocycles. The van der Waals surface area contributed by atoms with Gasteiger partial charge in [-0.25, -0.2) is 9.97 Å². The molecule has 0 spiro atoms. The number of anilines is 1. The van der Waals surface area contributed by atoms with Crippen molar-refractivity contribution in [1.29, 1.82) is 0 Å². The van der Waals surface area contributed by atoms with Gasteiger partial charge in [-0.2, -0.15) is 4.98 Å². The first kappa shape index (κ1) is 17.6. The highest BCUT2D eigenvalue weighted by molar-refractivity contribution is 5.70. The monoisotopic (exact) mass is 375 g/mol. The van der Waals surface area contributed by atoms with Crippen LogP contribution in [-0.4, -0.2) is 64.6 Å². The van der Waals surface area contributed by atoms with Gasteiger partial charge in [0.1, 0.15) is 12.3 Å². The third-order valence-electron chi connectivity index (χ3n) is 4.57. The summed E-state index contributed by atoms with van der Waals surface area (Å²) in [6.45, 7) is 1.14. The van der Waals surface area contributed by atoms with Crippen molar-refractivity contribution in [2.45, 2.75) is 37.8 Å². The van der Waals surface area contributed by atoms with E-state index in [9.17, 15) is 15.0 Å². The zero-order chi connectivity index (χ0) is 18.8. The van der Waals surface area contributed by atoms with Crippen molar-refractivity contribution >= 4 is 17.1 Å². The fourth-order valence-corrected chi connectivity index (χ4v) is 3.16. The van der Waals surface area contributed by atoms with Crippen LogP contribution >= 0.6 is 0 Å². The molecule has 0 amide bonds. The van der Waals surface area contributed by atoms with E-state index in [-0.39, 0.29) is 17.7 Å². The van der Waals surface area contributed by atoms with Crippen LogP contribution in [-0.2, 0) is 11.3 Å². The molecule has 1 aliphatic rings. The van der Waals surface area contributed by atoms with Gasteiger partial charge in [0.05, 0.1) is 25.4 Å². The highest BCUT2D eigenvalue weighted by Gasteiger charge is 2.35. The van der Waals surface area contributed by atoms with E-state index >= 15 is 0 Å². The van der Waals surface area contributed by atoms with E-state index in [1.54, 1.807) is 17.1 Å². The van der Waals surface area contributed by atoms with Crippen LogP contribution in [0.25, 0.3) is 11.2 Å². The normalized spacial score (nSPS) is 22.5. The van der Waals surface area contributed by atoms with E-state index in [0.717, 1.165) is 13.0 Å². The molecule has 0 aliphatic carbocycles. The molecule has 0 radical (unpaired) electrons. The second kappa shape index (κ2) is 7.47. The minimum absolute atomic E-state index is 0.199. The van der Waals surface area contributed by atoms with E-state index in [1.165, 1.54) is 6.33 Å². The van der Waals surface area contributed by atoms with Gasteiger partial charge < -0.3 is 24.8 Å². The molecule has 4 N–H and O–H groups in total. The van der Waals surface area contributed by atoms with E-state index in [1.807, 2.05) is 10.8 Å². The zero-order valence-electron chi connectivity index (χ0n) is 14.5. The SMILES string of the molecule is O=c1[nH]c(NCCCn2ccnc2)nc2c1ncn2[C@H]1C[C@H](O)[C@@H](CO)O1. The second-order valence-electron chi connectivity index (χ2n) is 6.43. The van der Waals surface area contributed by atoms with Crippen LogP contribution in [0.4, 0.5) is 5.95 Å². The maximum absolute atomic E-state index is 12.3. The zero-order valence-corrected chi connectivity index (χ0v) is 14.5. The van der Waals surface area contributed by atoms with Crippen molar-refractivity contribution < 1.29 is 14.9 Å². The fourth-order valence-electron chi connectivity index (χ4n) is 3.16. The molecule has 11 nitrogen and oxygen atoms in total. The molecule has 0 saturated carbocycles. The lowest BCUT2D eigenvalue weighted by atomic mass is 10.2. The molecule has 3 aromatic rings. The number of H-pyrrole nitrogens is 1. The Morgan fingerprint density at radius 1 is 1.41 bits per heavy atom. The summed E-state index contributed by atoms with van der Waals surface area (Å²) in [5.41, 5.74) is 0.212. The van der Waals surface area contributed by atoms with Gasteiger partial charge in [-0.15, -0.1) is 0 Å². The number of ether oxygens (including phenoxy) is 1. The largest absolute Gasteiger partial charge is 0.394 e. The van der Waals surface area contributed by atoms with Crippen molar-refractivity contribution in [2.75, 3.05) is 18.5 Å². The number of nitrogens with one attached hydrogen (secondary N) is 2. The molecule has 1 aliphatic heterocycles. The maximum atomic E-state index is 12.3. The summed E-state index contributed by atoms with van der Waals surface area (Å²) in [6.07, 6.45) is 5.98. The number of aromatic amines is 1. The van der Waals surface area contributed by atoms with Crippen molar-refractivity contribution in [2.24, 2.45) is 0 Å². The summed E-state index contributed by atoms with van der Waals surface area (Å²) < 4.78 is 9.22. The van der Waals surface area contributed by atoms with Crippen LogP contribution in [0.1, 0.15) is 19.1 Å². The molecule has 3 atom stereocenters. The molecular weight excluding hydrogens is 354 g/mol. The van der Waals surface area contributed by atoms with Crippen LogP contribution in [0.5, 0.6) is 0 Å². The molecule has 0 aromatic carbocycles. The summed E-state index contributed by atoms with van der Waals surface area (Å²) in [6, 6.07) is 0. The Balaban J connectivity index is 1.49. The molecule has 27 heavy (non-hydrogen) atoms. The van der Waals surface area contributed by atoms with Crippen LogP contribution in [0.15, 0.2) is 29.8 Å². The van der Waals surface area contributed by atoms with Crippen LogP contribution in [0.2, 0.25) is 0 Å². The van der Waals surface area contributed by atoms with Gasteiger partial charge in [0.2, 0.25) is 5.95 Å². The second-order valence-corrected chi connectivity index (χ2v) is 6.43. The maximum Gasteiger partial charge on any atom is 0.280 e. The average molecular weight is 375 g/mol. The van der Waals surface area contributed by atoms with Crippen LogP contribution in [0.3, 0.4) is 0 Å². The molecular formula is C16H21N7O4. The number of hydrogen-bond donors (Lipinski definition) is 4. The molecule has 11 heteroatoms. The topological polar surface area (TPSA) is 143 Å². The van der Waals surface area contributed by atoms with Crippen molar-refractivity contribution in [3.63, 3.8) is 0 Å². The molecule has 0 bridgehead atoms. The molecule has 4 rings (SSSR count). The first-order valence-electron chi connectivity index (χ1n) is 8.76. The first-order chi connectivity index (χ1) is 13.2. The van der Waals surface area contributed by atoms with Gasteiger partial charge in [0.15, 0.2) is 11.2 Å². The molecule has 3 aromatic heterocycles. The number of hydrogen-bond acceptors (Lipinski definition) is 8. The van der Waals surface area contributed by atoms with Gasteiger partial charge >= 0.3 is 0 Å². The lowest BCUT2D eigenvalue weighted by molar-refractivity contribution is -0.0432. The number of nitrogens with zero attached hydrogens (tertiary/aromatic N) is 5. The lowest BCUT2D eigenvalue weighted by Gasteiger charge is -2.14. The van der Waals surface area contributed by atoms with E-state index < -0.39 is 18.4 Å². The standard InChI is InChI=1S/C16H21N7O4/c24-7-11-10(25)6-12(27-11)23-9-19-13-14(23)20-16(21-15(13)26)18-2-1-4-22-5-3-17-8-22/h3,5,8-12,24-25H,1-2,4,6-7H2,(H2,18,20,21,26)/t10-,11+,12+/m0/s1. The Morgan fingerprint density at radius 2 is 2.30 bits per heavy atom. The van der Waals surface area contributed by atoms with E-state index in [4.69, 9.17) is 4.74 Å². The summed E-state index contributed by atoms with van der Waals surface area (Å²) in [7, 11) is 0. The number of aromatic nitrogens is 6. The first-order valence-corrected chi connectivity index (χ1v) is 8.76. The van der Waals surface area contributed by atoms with Crippen LogP contribution in [0, 0.1) is 0 Å². The average Bonchev–Trinajstić information content (AvgIpc) is 3.38. The smallest absolute Gasteiger partial charge is 0.280 e. The van der Waals surface area contributed by atoms with Crippen molar-refractivity contribution in [3.8, 4) is 0 Å². The molecule has 1 saturated heterocycles. The molecule has 144 valence electrons. The number of aryl methyl sites for hydroxylation is 1. The van der Waals surface area contributed by atoms with E-state index in [0.29, 0.717) is 24.6 Å². The number of aliphatic hydroxyl groups excluding tert-OH is 2. The summed E-state index contributed by atoms with van der Waals surface area (Å²) in [5, 5.41) is 22.3. The Labute approximate surface area is 153 Å². The van der Waals surface area contributed by atoms with Crippen LogP contribution < -0.4 is 10.9 Å². The van der Waals surface area contributed by atoms with Crippen molar-refractivity contribution in [3.05, 3.63) is 35.4 Å². The number of aliphatic hydroxyl groups is 2. The van der Waals surface area contributed by atoms with Gasteiger partial charge in [0.25, 0.3) is 5.56 Å². The Morgan fingerprint density at radius 3 is 3.04 bits per heavy atom. The number of imidazole rings is 2. The minimum atomic E-state index is -0.778. The van der Waals surface area contributed by atoms with Gasteiger partial charge in [-0.3, -0.25) is 14.3 Å². The molecule has 1 fully saturated rings. The Bertz CT molecular complexity index is 951. The third-order valence-corrected chi connectivity index (χ3v) is 4.57. The summed E-state index contributed by atoms with van der Waals surface area (Å²) >= 11 is 0. The highest BCUT2D eigenvalue weighted by atomic mass is 16.5. The number of rotatable bonds is 7. The third kappa shape index (κ3) is 3.56. The van der Waals surface area contributed by atoms with E-state index in [2.05, 4.69) is 25.3 Å². The van der Waals surface area contributed by atoms with Gasteiger partial charge in [-0.1, -0.05) is 0 Å².